The second kappa shape index (κ2) is 13.1. The van der Waals surface area contributed by atoms with Crippen molar-refractivity contribution in [1.82, 2.24) is 4.57 Å². The summed E-state index contributed by atoms with van der Waals surface area (Å²) in [6.07, 6.45) is 2.97. The van der Waals surface area contributed by atoms with Gasteiger partial charge in [-0.05, 0) is 64.1 Å². The van der Waals surface area contributed by atoms with Crippen LogP contribution in [0.25, 0.3) is 0 Å². The van der Waals surface area contributed by atoms with E-state index < -0.39 is 16.6 Å². The van der Waals surface area contributed by atoms with E-state index in [2.05, 4.69) is 45.4 Å². The third kappa shape index (κ3) is 9.36. The van der Waals surface area contributed by atoms with Crippen molar-refractivity contribution in [1.29, 1.82) is 0 Å². The average molecular weight is 390 g/mol. The smallest absolute Gasteiger partial charge is 0.307 e. The molecule has 4 nitrogen and oxygen atoms in total. The van der Waals surface area contributed by atoms with E-state index in [9.17, 15) is 4.79 Å². The molecule has 0 saturated carbocycles. The summed E-state index contributed by atoms with van der Waals surface area (Å²) in [6.45, 7) is 18.9. The number of carbonyl (C=O) groups is 1. The summed E-state index contributed by atoms with van der Waals surface area (Å²) in [6, 6.07) is 5.03. The zero-order chi connectivity index (χ0) is 19.3. The minimum absolute atomic E-state index is 0.0522. The van der Waals surface area contributed by atoms with Crippen molar-refractivity contribution < 1.29 is 14.0 Å². The summed E-state index contributed by atoms with van der Waals surface area (Å²) in [5, 5.41) is 0. The molecule has 0 aliphatic carbocycles. The van der Waals surface area contributed by atoms with Crippen LogP contribution in [0.1, 0.15) is 53.9 Å². The predicted octanol–water partition coefficient (Wildman–Crippen LogP) is 5.27. The van der Waals surface area contributed by atoms with E-state index in [1.54, 1.807) is 0 Å². The maximum absolute atomic E-state index is 11.8. The first kappa shape index (κ1) is 24.8. The minimum atomic E-state index is -1.47. The fraction of sp³-hybridized carbons (Fsp3) is 0.947. The lowest BCUT2D eigenvalue weighted by molar-refractivity contribution is -0.143. The van der Waals surface area contributed by atoms with Crippen LogP contribution in [0.3, 0.4) is 0 Å². The van der Waals surface area contributed by atoms with Crippen molar-refractivity contribution in [3.8, 4) is 0 Å². The lowest BCUT2D eigenvalue weighted by Crippen LogP contribution is -2.53. The standard InChI is InChI=1S/C19H43NO3Si2/c1-8-22-19(21)15-17-20(25(10-3,11-4)12-5)16-13-14-18-24(6,7)23-9-2/h8-18H2,1-7H3. The zero-order valence-electron chi connectivity index (χ0n) is 18.0. The molecular formula is C19H43NO3Si2. The first-order chi connectivity index (χ1) is 11.8. The molecule has 0 aliphatic rings. The summed E-state index contributed by atoms with van der Waals surface area (Å²) in [5.74, 6) is -0.0522. The highest BCUT2D eigenvalue weighted by Gasteiger charge is 2.34. The molecule has 0 unspecified atom stereocenters. The molecule has 6 heteroatoms. The quantitative estimate of drug-likeness (QED) is 0.217. The molecule has 0 amide bonds. The number of unbranched alkanes of at least 4 members (excludes halogenated alkanes) is 1. The van der Waals surface area contributed by atoms with E-state index >= 15 is 0 Å². The summed E-state index contributed by atoms with van der Waals surface area (Å²) < 4.78 is 13.8. The van der Waals surface area contributed by atoms with Gasteiger partial charge >= 0.3 is 5.97 Å². The van der Waals surface area contributed by atoms with Crippen molar-refractivity contribution in [3.63, 3.8) is 0 Å². The van der Waals surface area contributed by atoms with E-state index in [-0.39, 0.29) is 5.97 Å². The molecule has 0 atom stereocenters. The topological polar surface area (TPSA) is 38.8 Å². The molecular weight excluding hydrogens is 346 g/mol. The highest BCUT2D eigenvalue weighted by Crippen LogP contribution is 2.26. The van der Waals surface area contributed by atoms with Gasteiger partial charge in [-0.1, -0.05) is 27.2 Å². The lowest BCUT2D eigenvalue weighted by Gasteiger charge is -2.41. The van der Waals surface area contributed by atoms with Crippen molar-refractivity contribution >= 4 is 22.5 Å². The third-order valence-corrected chi connectivity index (χ3v) is 13.9. The van der Waals surface area contributed by atoms with Gasteiger partial charge in [0.2, 0.25) is 0 Å². The largest absolute Gasteiger partial charge is 0.466 e. The Hall–Kier alpha value is -0.176. The molecule has 0 fully saturated rings. The second-order valence-electron chi connectivity index (χ2n) is 7.48. The van der Waals surface area contributed by atoms with Crippen LogP contribution in [-0.4, -0.2) is 53.4 Å². The second-order valence-corrected chi connectivity index (χ2v) is 17.0. The number of nitrogens with zero attached hydrogens (tertiary/aromatic N) is 1. The van der Waals surface area contributed by atoms with Gasteiger partial charge in [0.1, 0.15) is 8.24 Å². The van der Waals surface area contributed by atoms with E-state index in [0.29, 0.717) is 13.0 Å². The molecule has 0 aromatic rings. The Bertz CT molecular complexity index is 352. The van der Waals surface area contributed by atoms with Crippen LogP contribution in [0.4, 0.5) is 0 Å². The molecule has 0 heterocycles. The van der Waals surface area contributed by atoms with Gasteiger partial charge < -0.3 is 13.7 Å². The zero-order valence-corrected chi connectivity index (χ0v) is 20.0. The molecule has 0 aliphatic heterocycles. The Morgan fingerprint density at radius 1 is 0.880 bits per heavy atom. The van der Waals surface area contributed by atoms with Crippen molar-refractivity contribution in [2.24, 2.45) is 0 Å². The Balaban J connectivity index is 4.70. The fourth-order valence-electron chi connectivity index (χ4n) is 3.78. The van der Waals surface area contributed by atoms with Gasteiger partial charge in [-0.25, -0.2) is 0 Å². The van der Waals surface area contributed by atoms with Crippen LogP contribution in [0, 0.1) is 0 Å². The van der Waals surface area contributed by atoms with Crippen LogP contribution in [-0.2, 0) is 14.0 Å². The van der Waals surface area contributed by atoms with Gasteiger partial charge in [0, 0.05) is 13.2 Å². The number of rotatable bonds is 15. The van der Waals surface area contributed by atoms with Gasteiger partial charge in [-0.15, -0.1) is 0 Å². The van der Waals surface area contributed by atoms with Gasteiger partial charge in [0.25, 0.3) is 0 Å². The van der Waals surface area contributed by atoms with Crippen LogP contribution < -0.4 is 0 Å². The summed E-state index contributed by atoms with van der Waals surface area (Å²) in [5.41, 5.74) is 0. The van der Waals surface area contributed by atoms with E-state index in [1.807, 2.05) is 6.92 Å². The molecule has 0 spiro atoms. The first-order valence-electron chi connectivity index (χ1n) is 10.3. The lowest BCUT2D eigenvalue weighted by atomic mass is 10.3. The highest BCUT2D eigenvalue weighted by molar-refractivity contribution is 6.77. The van der Waals surface area contributed by atoms with Crippen LogP contribution in [0.2, 0.25) is 37.3 Å². The normalized spacial score (nSPS) is 12.6. The number of ether oxygens (including phenoxy) is 1. The molecule has 0 aromatic carbocycles. The predicted molar refractivity (Wildman–Crippen MR) is 113 cm³/mol. The molecule has 0 aromatic heterocycles. The maximum atomic E-state index is 11.8. The molecule has 0 saturated heterocycles. The summed E-state index contributed by atoms with van der Waals surface area (Å²) >= 11 is 0. The summed E-state index contributed by atoms with van der Waals surface area (Å²) in [4.78, 5) is 11.8. The Morgan fingerprint density at radius 2 is 1.48 bits per heavy atom. The number of esters is 1. The number of hydrogen-bond acceptors (Lipinski definition) is 4. The summed E-state index contributed by atoms with van der Waals surface area (Å²) in [7, 11) is -2.92. The highest BCUT2D eigenvalue weighted by atomic mass is 28.4. The SMILES string of the molecule is CCOC(=O)CCN(CCCC[Si](C)(C)OCC)[Si](CC)(CC)CC. The van der Waals surface area contributed by atoms with Crippen molar-refractivity contribution in [3.05, 3.63) is 0 Å². The van der Waals surface area contributed by atoms with Gasteiger partial charge in [-0.2, -0.15) is 0 Å². The molecule has 0 bridgehead atoms. The van der Waals surface area contributed by atoms with Crippen molar-refractivity contribution in [2.45, 2.75) is 91.2 Å². The Labute approximate surface area is 158 Å². The van der Waals surface area contributed by atoms with E-state index in [1.165, 1.54) is 37.0 Å². The third-order valence-electron chi connectivity index (χ3n) is 5.53. The van der Waals surface area contributed by atoms with Crippen LogP contribution in [0.5, 0.6) is 0 Å². The Morgan fingerprint density at radius 3 is 1.96 bits per heavy atom. The molecule has 0 radical (unpaired) electrons. The van der Waals surface area contributed by atoms with Crippen LogP contribution >= 0.6 is 0 Å². The first-order valence-corrected chi connectivity index (χ1v) is 16.0. The van der Waals surface area contributed by atoms with E-state index in [4.69, 9.17) is 9.16 Å². The van der Waals surface area contributed by atoms with Gasteiger partial charge in [-0.3, -0.25) is 4.79 Å². The molecule has 25 heavy (non-hydrogen) atoms. The number of hydrogen-bond donors (Lipinski definition) is 0. The molecule has 0 N–H and O–H groups in total. The molecule has 150 valence electrons. The maximum Gasteiger partial charge on any atom is 0.307 e. The van der Waals surface area contributed by atoms with Crippen LogP contribution in [0.15, 0.2) is 0 Å². The molecule has 0 rings (SSSR count). The fourth-order valence-corrected chi connectivity index (χ4v) is 9.87. The average Bonchev–Trinajstić information content (AvgIpc) is 2.57. The van der Waals surface area contributed by atoms with E-state index in [0.717, 1.165) is 19.7 Å². The minimum Gasteiger partial charge on any atom is -0.466 e. The van der Waals surface area contributed by atoms with Gasteiger partial charge in [0.05, 0.1) is 13.0 Å². The van der Waals surface area contributed by atoms with Gasteiger partial charge in [0.15, 0.2) is 8.32 Å². The van der Waals surface area contributed by atoms with Crippen molar-refractivity contribution in [2.75, 3.05) is 26.3 Å². The number of carbonyl (C=O) groups excluding carboxylic acids is 1. The monoisotopic (exact) mass is 389 g/mol. The Kier molecular flexibility index (Phi) is 13.0.